The lowest BCUT2D eigenvalue weighted by Gasteiger charge is -2.14. The highest BCUT2D eigenvalue weighted by Gasteiger charge is 2.23. The number of anilines is 2. The fraction of sp³-hybridized carbons (Fsp3) is 0.233. The van der Waals surface area contributed by atoms with Gasteiger partial charge < -0.3 is 16.0 Å². The highest BCUT2D eigenvalue weighted by atomic mass is 32.1. The molecule has 8 nitrogen and oxygen atoms in total. The second-order valence-corrected chi connectivity index (χ2v) is 10.7. The number of aryl methyl sites for hydroxylation is 1. The van der Waals surface area contributed by atoms with E-state index in [1.807, 2.05) is 29.6 Å². The summed E-state index contributed by atoms with van der Waals surface area (Å²) in [6, 6.07) is 9.98. The van der Waals surface area contributed by atoms with Crippen LogP contribution in [0.1, 0.15) is 49.6 Å². The van der Waals surface area contributed by atoms with Crippen molar-refractivity contribution < 1.29 is 4.79 Å². The number of aromatic amines is 1. The smallest absolute Gasteiger partial charge is 0.227 e. The molecule has 1 aromatic carbocycles. The van der Waals surface area contributed by atoms with E-state index in [9.17, 15) is 4.79 Å². The van der Waals surface area contributed by atoms with Crippen LogP contribution in [0.3, 0.4) is 0 Å². The molecule has 0 aliphatic heterocycles. The van der Waals surface area contributed by atoms with Crippen molar-refractivity contribution in [1.29, 1.82) is 5.41 Å². The predicted octanol–water partition coefficient (Wildman–Crippen LogP) is 6.44. The topological polar surface area (TPSA) is 133 Å². The fourth-order valence-corrected chi connectivity index (χ4v) is 5.86. The van der Waals surface area contributed by atoms with Crippen LogP contribution in [0.5, 0.6) is 0 Å². The van der Waals surface area contributed by atoms with E-state index < -0.39 is 0 Å². The summed E-state index contributed by atoms with van der Waals surface area (Å²) in [6.07, 6.45) is 10.2. The summed E-state index contributed by atoms with van der Waals surface area (Å²) in [4.78, 5) is 29.6. The Labute approximate surface area is 230 Å². The largest absolute Gasteiger partial charge is 0.383 e. The molecule has 0 saturated heterocycles. The van der Waals surface area contributed by atoms with Gasteiger partial charge in [-0.2, -0.15) is 11.3 Å². The monoisotopic (exact) mass is 535 g/mol. The van der Waals surface area contributed by atoms with Crippen molar-refractivity contribution >= 4 is 45.5 Å². The van der Waals surface area contributed by atoms with Gasteiger partial charge in [0.15, 0.2) is 5.82 Å². The second-order valence-electron chi connectivity index (χ2n) is 9.96. The molecule has 6 rings (SSSR count). The van der Waals surface area contributed by atoms with Crippen molar-refractivity contribution in [3.05, 3.63) is 76.6 Å². The Hall–Kier alpha value is -4.37. The Morgan fingerprint density at radius 2 is 1.97 bits per heavy atom. The predicted molar refractivity (Wildman–Crippen MR) is 157 cm³/mol. The molecule has 4 aromatic heterocycles. The number of nitrogens with one attached hydrogen (secondary N) is 3. The molecule has 39 heavy (non-hydrogen) atoms. The van der Waals surface area contributed by atoms with E-state index >= 15 is 0 Å². The quantitative estimate of drug-likeness (QED) is 0.178. The van der Waals surface area contributed by atoms with Crippen LogP contribution in [0, 0.1) is 11.3 Å². The number of amides is 1. The SMILES string of the molecule is CCc1cc(NC(=O)C2CCCC2)cc(-c2cnc(N)c(C(=N)c3nc4c(-c5ccsc5)cncc4[nH]3)c2)c1. The van der Waals surface area contributed by atoms with Crippen molar-refractivity contribution in [2.24, 2.45) is 5.92 Å². The minimum absolute atomic E-state index is 0.0864. The summed E-state index contributed by atoms with van der Waals surface area (Å²) < 4.78 is 0. The second kappa shape index (κ2) is 10.4. The summed E-state index contributed by atoms with van der Waals surface area (Å²) in [5.41, 5.74) is 14.0. The molecule has 0 spiro atoms. The van der Waals surface area contributed by atoms with Crippen LogP contribution in [0.4, 0.5) is 11.5 Å². The van der Waals surface area contributed by atoms with Crippen LogP contribution in [0.2, 0.25) is 0 Å². The van der Waals surface area contributed by atoms with Crippen molar-refractivity contribution in [2.75, 3.05) is 11.1 Å². The fourth-order valence-electron chi connectivity index (χ4n) is 5.21. The zero-order valence-corrected chi connectivity index (χ0v) is 22.4. The van der Waals surface area contributed by atoms with E-state index in [-0.39, 0.29) is 23.4 Å². The van der Waals surface area contributed by atoms with Gasteiger partial charge >= 0.3 is 0 Å². The number of imidazole rings is 1. The van der Waals surface area contributed by atoms with Crippen LogP contribution >= 0.6 is 11.3 Å². The minimum Gasteiger partial charge on any atom is -0.383 e. The molecule has 0 unspecified atom stereocenters. The van der Waals surface area contributed by atoms with E-state index in [1.54, 1.807) is 29.9 Å². The van der Waals surface area contributed by atoms with Gasteiger partial charge in [-0.3, -0.25) is 15.2 Å². The van der Waals surface area contributed by atoms with Crippen molar-refractivity contribution in [3.63, 3.8) is 0 Å². The van der Waals surface area contributed by atoms with E-state index in [1.165, 1.54) is 0 Å². The number of nitrogens with two attached hydrogens (primary N) is 1. The lowest BCUT2D eigenvalue weighted by atomic mass is 9.99. The van der Waals surface area contributed by atoms with Gasteiger partial charge in [0.05, 0.1) is 11.7 Å². The average Bonchev–Trinajstić information content (AvgIpc) is 3.74. The van der Waals surface area contributed by atoms with Gasteiger partial charge in [0, 0.05) is 40.7 Å². The number of hydrogen-bond donors (Lipinski definition) is 4. The number of benzene rings is 1. The Morgan fingerprint density at radius 3 is 2.74 bits per heavy atom. The third-order valence-electron chi connectivity index (χ3n) is 7.38. The van der Waals surface area contributed by atoms with Crippen molar-refractivity contribution in [3.8, 4) is 22.3 Å². The third-order valence-corrected chi connectivity index (χ3v) is 8.06. The van der Waals surface area contributed by atoms with Gasteiger partial charge in [0.1, 0.15) is 17.0 Å². The average molecular weight is 536 g/mol. The number of hydrogen-bond acceptors (Lipinski definition) is 7. The van der Waals surface area contributed by atoms with Gasteiger partial charge in [-0.1, -0.05) is 25.8 Å². The molecule has 1 aliphatic rings. The Balaban J connectivity index is 1.34. The molecule has 9 heteroatoms. The van der Waals surface area contributed by atoms with E-state index in [0.717, 1.165) is 76.6 Å². The maximum Gasteiger partial charge on any atom is 0.227 e. The highest BCUT2D eigenvalue weighted by molar-refractivity contribution is 7.08. The normalized spacial score (nSPS) is 13.7. The summed E-state index contributed by atoms with van der Waals surface area (Å²) >= 11 is 1.61. The summed E-state index contributed by atoms with van der Waals surface area (Å²) in [7, 11) is 0. The molecule has 0 atom stereocenters. The maximum absolute atomic E-state index is 12.8. The Morgan fingerprint density at radius 1 is 1.13 bits per heavy atom. The molecular weight excluding hydrogens is 506 g/mol. The van der Waals surface area contributed by atoms with Gasteiger partial charge in [-0.05, 0) is 71.0 Å². The summed E-state index contributed by atoms with van der Waals surface area (Å²) in [5.74, 6) is 0.822. The number of carbonyl (C=O) groups is 1. The minimum atomic E-state index is 0.0864. The lowest BCUT2D eigenvalue weighted by molar-refractivity contribution is -0.119. The van der Waals surface area contributed by atoms with Crippen LogP contribution in [0.15, 0.2) is 59.7 Å². The first-order chi connectivity index (χ1) is 19.0. The van der Waals surface area contributed by atoms with Crippen LogP contribution in [-0.2, 0) is 11.2 Å². The molecule has 1 amide bonds. The zero-order valence-electron chi connectivity index (χ0n) is 21.6. The number of fused-ring (bicyclic) bond motifs is 1. The number of nitrogen functional groups attached to an aromatic ring is 1. The molecular formula is C30H29N7OS. The van der Waals surface area contributed by atoms with Gasteiger partial charge in [0.2, 0.25) is 5.91 Å². The number of thiophene rings is 1. The molecule has 5 N–H and O–H groups in total. The van der Waals surface area contributed by atoms with Crippen LogP contribution in [-0.4, -0.2) is 31.6 Å². The van der Waals surface area contributed by atoms with E-state index in [0.29, 0.717) is 11.4 Å². The summed E-state index contributed by atoms with van der Waals surface area (Å²) in [5, 5.41) is 16.2. The molecule has 4 heterocycles. The van der Waals surface area contributed by atoms with E-state index in [4.69, 9.17) is 16.1 Å². The molecule has 196 valence electrons. The molecule has 1 fully saturated rings. The van der Waals surface area contributed by atoms with Gasteiger partial charge in [-0.25, -0.2) is 9.97 Å². The highest BCUT2D eigenvalue weighted by Crippen LogP contribution is 2.31. The van der Waals surface area contributed by atoms with Crippen molar-refractivity contribution in [2.45, 2.75) is 39.0 Å². The number of nitrogens with zero attached hydrogens (tertiary/aromatic N) is 3. The Bertz CT molecular complexity index is 1680. The Kier molecular flexibility index (Phi) is 6.66. The number of pyridine rings is 2. The first kappa shape index (κ1) is 24.9. The first-order valence-corrected chi connectivity index (χ1v) is 14.1. The lowest BCUT2D eigenvalue weighted by Crippen LogP contribution is -2.20. The van der Waals surface area contributed by atoms with Crippen LogP contribution < -0.4 is 11.1 Å². The van der Waals surface area contributed by atoms with Gasteiger partial charge in [-0.15, -0.1) is 0 Å². The molecule has 5 aromatic rings. The zero-order chi connectivity index (χ0) is 26.9. The number of rotatable bonds is 7. The standard InChI is InChI=1S/C30H29N7OS/c1-2-17-9-20(11-22(10-17)35-30(38)18-5-3-4-6-18)21-12-23(28(32)34-13-21)26(31)29-36-25-15-33-14-24(27(25)37-29)19-7-8-39-16-19/h7-16,18,31H,2-6H2,1H3,(H2,32,34)(H,35,38)(H,36,37). The number of aromatic nitrogens is 4. The van der Waals surface area contributed by atoms with Crippen molar-refractivity contribution in [1.82, 2.24) is 19.9 Å². The first-order valence-electron chi connectivity index (χ1n) is 13.2. The molecule has 1 saturated carbocycles. The van der Waals surface area contributed by atoms with Crippen LogP contribution in [0.25, 0.3) is 33.3 Å². The van der Waals surface area contributed by atoms with Gasteiger partial charge in [0.25, 0.3) is 0 Å². The summed E-state index contributed by atoms with van der Waals surface area (Å²) in [6.45, 7) is 2.09. The number of carbonyl (C=O) groups excluding carboxylic acids is 1. The number of H-pyrrole nitrogens is 1. The maximum atomic E-state index is 12.8. The molecule has 0 bridgehead atoms. The molecule has 0 radical (unpaired) electrons. The molecule has 1 aliphatic carbocycles. The van der Waals surface area contributed by atoms with E-state index in [2.05, 4.69) is 38.6 Å². The third kappa shape index (κ3) is 4.93.